The van der Waals surface area contributed by atoms with E-state index in [2.05, 4.69) is 93.7 Å². The van der Waals surface area contributed by atoms with Crippen molar-refractivity contribution in [3.05, 3.63) is 72.9 Å². The normalized spacial score (nSPS) is 12.5. The maximum Gasteiger partial charge on any atom is 0.306 e. The molecular formula is C67H118O6. The third-order valence-corrected chi connectivity index (χ3v) is 13.7. The van der Waals surface area contributed by atoms with E-state index in [1.54, 1.807) is 0 Å². The molecule has 0 radical (unpaired) electrons. The van der Waals surface area contributed by atoms with Crippen LogP contribution in [0.2, 0.25) is 0 Å². The van der Waals surface area contributed by atoms with E-state index in [-0.39, 0.29) is 37.5 Å². The molecule has 0 aromatic heterocycles. The van der Waals surface area contributed by atoms with Crippen molar-refractivity contribution in [2.24, 2.45) is 0 Å². The first-order valence-electron chi connectivity index (χ1n) is 31.4. The Hall–Kier alpha value is -3.15. The molecule has 6 nitrogen and oxygen atoms in total. The number of rotatable bonds is 57. The Morgan fingerprint density at radius 3 is 0.849 bits per heavy atom. The van der Waals surface area contributed by atoms with Crippen LogP contribution in [0.1, 0.15) is 316 Å². The van der Waals surface area contributed by atoms with Crippen molar-refractivity contribution in [3.63, 3.8) is 0 Å². The highest BCUT2D eigenvalue weighted by molar-refractivity contribution is 5.71. The van der Waals surface area contributed by atoms with Gasteiger partial charge in [0.05, 0.1) is 0 Å². The molecule has 1 atom stereocenters. The average Bonchev–Trinajstić information content (AvgIpc) is 3.39. The smallest absolute Gasteiger partial charge is 0.306 e. The van der Waals surface area contributed by atoms with Crippen LogP contribution >= 0.6 is 0 Å². The lowest BCUT2D eigenvalue weighted by Crippen LogP contribution is -2.30. The molecule has 0 heterocycles. The molecule has 0 N–H and O–H groups in total. The van der Waals surface area contributed by atoms with Gasteiger partial charge < -0.3 is 14.2 Å². The van der Waals surface area contributed by atoms with Gasteiger partial charge in [0.25, 0.3) is 0 Å². The van der Waals surface area contributed by atoms with Gasteiger partial charge in [0.2, 0.25) is 0 Å². The van der Waals surface area contributed by atoms with Crippen LogP contribution in [0, 0.1) is 0 Å². The van der Waals surface area contributed by atoms with Crippen molar-refractivity contribution in [1.82, 2.24) is 0 Å². The van der Waals surface area contributed by atoms with Gasteiger partial charge in [0, 0.05) is 19.3 Å². The fourth-order valence-electron chi connectivity index (χ4n) is 8.94. The Morgan fingerprint density at radius 2 is 0.507 bits per heavy atom. The largest absolute Gasteiger partial charge is 0.462 e. The second-order valence-electron chi connectivity index (χ2n) is 21.0. The fraction of sp³-hybridized carbons (Fsp3) is 0.776. The van der Waals surface area contributed by atoms with E-state index in [1.165, 1.54) is 193 Å². The van der Waals surface area contributed by atoms with Gasteiger partial charge in [-0.05, 0) is 89.9 Å². The van der Waals surface area contributed by atoms with Crippen molar-refractivity contribution in [2.45, 2.75) is 322 Å². The molecule has 0 saturated heterocycles. The molecule has 0 aliphatic carbocycles. The number of ether oxygens (including phenoxy) is 3. The number of allylic oxidation sites excluding steroid dienone is 12. The van der Waals surface area contributed by atoms with E-state index in [0.29, 0.717) is 19.3 Å². The molecule has 0 aliphatic rings. The van der Waals surface area contributed by atoms with Crippen molar-refractivity contribution in [1.29, 1.82) is 0 Å². The first-order chi connectivity index (χ1) is 36.0. The third kappa shape index (κ3) is 59.6. The highest BCUT2D eigenvalue weighted by Gasteiger charge is 2.19. The number of carbonyl (C=O) groups is 3. The van der Waals surface area contributed by atoms with Crippen LogP contribution in [0.4, 0.5) is 0 Å². The molecular weight excluding hydrogens is 901 g/mol. The molecule has 422 valence electrons. The first-order valence-corrected chi connectivity index (χ1v) is 31.4. The summed E-state index contributed by atoms with van der Waals surface area (Å²) in [5.41, 5.74) is 0. The van der Waals surface area contributed by atoms with E-state index in [4.69, 9.17) is 14.2 Å². The summed E-state index contributed by atoms with van der Waals surface area (Å²) >= 11 is 0. The number of hydrogen-bond donors (Lipinski definition) is 0. The molecule has 0 rings (SSSR count). The lowest BCUT2D eigenvalue weighted by atomic mass is 10.0. The van der Waals surface area contributed by atoms with Crippen LogP contribution < -0.4 is 0 Å². The minimum absolute atomic E-state index is 0.0930. The lowest BCUT2D eigenvalue weighted by Gasteiger charge is -2.18. The van der Waals surface area contributed by atoms with Gasteiger partial charge in [0.1, 0.15) is 13.2 Å². The Bertz CT molecular complexity index is 1360. The molecule has 0 bridgehead atoms. The summed E-state index contributed by atoms with van der Waals surface area (Å²) in [4.78, 5) is 38.3. The second-order valence-corrected chi connectivity index (χ2v) is 21.0. The molecule has 0 aromatic rings. The highest BCUT2D eigenvalue weighted by Crippen LogP contribution is 2.17. The number of hydrogen-bond acceptors (Lipinski definition) is 6. The zero-order valence-electron chi connectivity index (χ0n) is 48.4. The molecule has 0 spiro atoms. The maximum atomic E-state index is 12.9. The lowest BCUT2D eigenvalue weighted by molar-refractivity contribution is -0.167. The summed E-state index contributed by atoms with van der Waals surface area (Å²) in [6, 6.07) is 0. The van der Waals surface area contributed by atoms with Crippen molar-refractivity contribution in [2.75, 3.05) is 13.2 Å². The third-order valence-electron chi connectivity index (χ3n) is 13.7. The van der Waals surface area contributed by atoms with Gasteiger partial charge in [-0.1, -0.05) is 280 Å². The van der Waals surface area contributed by atoms with Crippen LogP contribution in [0.5, 0.6) is 0 Å². The monoisotopic (exact) mass is 1020 g/mol. The van der Waals surface area contributed by atoms with Gasteiger partial charge in [0.15, 0.2) is 6.10 Å². The first kappa shape index (κ1) is 69.8. The summed E-state index contributed by atoms with van der Waals surface area (Å²) in [6.07, 6.45) is 79.1. The van der Waals surface area contributed by atoms with Gasteiger partial charge in [-0.15, -0.1) is 0 Å². The molecule has 0 saturated carbocycles. The zero-order valence-corrected chi connectivity index (χ0v) is 48.4. The van der Waals surface area contributed by atoms with Crippen LogP contribution in [0.25, 0.3) is 0 Å². The molecule has 6 heteroatoms. The molecule has 0 fully saturated rings. The Labute approximate surface area is 453 Å². The van der Waals surface area contributed by atoms with Crippen molar-refractivity contribution in [3.8, 4) is 0 Å². The molecule has 73 heavy (non-hydrogen) atoms. The summed E-state index contributed by atoms with van der Waals surface area (Å²) in [7, 11) is 0. The summed E-state index contributed by atoms with van der Waals surface area (Å²) in [5.74, 6) is -0.945. The topological polar surface area (TPSA) is 78.9 Å². The van der Waals surface area contributed by atoms with E-state index >= 15 is 0 Å². The molecule has 0 aliphatic heterocycles. The average molecular weight is 1020 g/mol. The highest BCUT2D eigenvalue weighted by atomic mass is 16.6. The predicted molar refractivity (Wildman–Crippen MR) is 316 cm³/mol. The van der Waals surface area contributed by atoms with E-state index in [9.17, 15) is 14.4 Å². The Balaban J connectivity index is 4.41. The zero-order chi connectivity index (χ0) is 52.9. The minimum Gasteiger partial charge on any atom is -0.462 e. The molecule has 0 amide bonds. The summed E-state index contributed by atoms with van der Waals surface area (Å²) < 4.78 is 16.9. The Morgan fingerprint density at radius 1 is 0.274 bits per heavy atom. The van der Waals surface area contributed by atoms with E-state index in [1.807, 2.05) is 0 Å². The Kier molecular flexibility index (Phi) is 58.7. The van der Waals surface area contributed by atoms with E-state index < -0.39 is 6.10 Å². The van der Waals surface area contributed by atoms with Crippen molar-refractivity contribution >= 4 is 17.9 Å². The number of esters is 3. The van der Waals surface area contributed by atoms with Crippen LogP contribution in [-0.4, -0.2) is 37.2 Å². The molecule has 0 aromatic carbocycles. The van der Waals surface area contributed by atoms with Gasteiger partial charge in [-0.25, -0.2) is 0 Å². The fourth-order valence-corrected chi connectivity index (χ4v) is 8.94. The minimum atomic E-state index is -0.801. The van der Waals surface area contributed by atoms with Gasteiger partial charge >= 0.3 is 17.9 Å². The van der Waals surface area contributed by atoms with Crippen LogP contribution in [0.3, 0.4) is 0 Å². The quantitative estimate of drug-likeness (QED) is 0.0261. The van der Waals surface area contributed by atoms with Crippen molar-refractivity contribution < 1.29 is 28.6 Å². The SMILES string of the molecule is CCCCC/C=C\C/C=C\C/C=C\C/C=C\CCCC(=O)OC[C@H](COC(=O)CCCCCCCCCCCCCCCCCCCCCCC)OC(=O)CCCCCCCCC/C=C\C/C=C\CCCCC. The summed E-state index contributed by atoms with van der Waals surface area (Å²) in [6.45, 7) is 6.57. The van der Waals surface area contributed by atoms with Crippen LogP contribution in [-0.2, 0) is 28.6 Å². The number of unbranched alkanes of at least 4 members (excludes halogenated alkanes) is 34. The van der Waals surface area contributed by atoms with Crippen LogP contribution in [0.15, 0.2) is 72.9 Å². The van der Waals surface area contributed by atoms with E-state index in [0.717, 1.165) is 77.0 Å². The summed E-state index contributed by atoms with van der Waals surface area (Å²) in [5, 5.41) is 0. The predicted octanol–water partition coefficient (Wildman–Crippen LogP) is 21.3. The van der Waals surface area contributed by atoms with Gasteiger partial charge in [-0.2, -0.15) is 0 Å². The number of carbonyl (C=O) groups excluding carboxylic acids is 3. The standard InChI is InChI=1S/C67H118O6/c1-4-7-10-13-16-19-22-25-28-31-32-33-34-37-39-42-45-48-51-54-57-60-66(69)72-63-64(73-67(70)61-58-55-52-49-46-43-40-36-30-27-24-21-18-15-12-9-6-3)62-71-65(68)59-56-53-50-47-44-41-38-35-29-26-23-20-17-14-11-8-5-2/h17-18,20-21,26-27,29-30,38,41,47,50,64H,4-16,19,22-25,28,31-37,39-40,42-46,48-49,51-63H2,1-3H3/b20-17-,21-18-,29-26-,30-27-,41-38-,50-47-/t64-/m1/s1. The van der Waals surface area contributed by atoms with Gasteiger partial charge in [-0.3, -0.25) is 14.4 Å². The second kappa shape index (κ2) is 61.4. The molecule has 0 unspecified atom stereocenters. The maximum absolute atomic E-state index is 12.9.